The van der Waals surface area contributed by atoms with E-state index in [1.807, 2.05) is 20.8 Å². The fraction of sp³-hybridized carbons (Fsp3) is 0.378. The molecule has 0 saturated carbocycles. The molecule has 14 heteroatoms. The van der Waals surface area contributed by atoms with Crippen LogP contribution in [0.25, 0.3) is 0 Å². The van der Waals surface area contributed by atoms with Crippen LogP contribution in [0.15, 0.2) is 64.5 Å². The van der Waals surface area contributed by atoms with E-state index in [2.05, 4.69) is 10.3 Å². The number of imide groups is 1. The number of nitrogens with zero attached hydrogens (tertiary/aromatic N) is 3. The lowest BCUT2D eigenvalue weighted by Gasteiger charge is -2.31. The summed E-state index contributed by atoms with van der Waals surface area (Å²) in [5.74, 6) is -1.96. The van der Waals surface area contributed by atoms with Crippen LogP contribution in [0.1, 0.15) is 75.2 Å². The van der Waals surface area contributed by atoms with Crippen LogP contribution in [0.5, 0.6) is 5.75 Å². The zero-order chi connectivity index (χ0) is 37.2. The van der Waals surface area contributed by atoms with E-state index in [0.717, 1.165) is 26.9 Å². The number of ether oxygens (including phenoxy) is 2. The number of fused-ring (bicyclic) bond motifs is 2. The minimum Gasteiger partial charge on any atom is -0.487 e. The molecular weight excluding hydrogens is 675 g/mol. The van der Waals surface area contributed by atoms with E-state index in [-0.39, 0.29) is 47.8 Å². The second-order valence-electron chi connectivity index (χ2n) is 13.4. The topological polar surface area (TPSA) is 178 Å². The Balaban J connectivity index is 1.28. The van der Waals surface area contributed by atoms with Crippen LogP contribution in [-0.2, 0) is 32.3 Å². The van der Waals surface area contributed by atoms with Gasteiger partial charge in [-0.1, -0.05) is 42.5 Å². The molecule has 2 aliphatic rings. The number of nitrogens with two attached hydrogens (primary N) is 1. The quantitative estimate of drug-likeness (QED) is 0.0914. The Morgan fingerprint density at radius 2 is 1.61 bits per heavy atom. The van der Waals surface area contributed by atoms with Gasteiger partial charge in [-0.15, -0.1) is 0 Å². The molecule has 0 unspecified atom stereocenters. The number of hydrogen-bond donors (Lipinski definition) is 2. The van der Waals surface area contributed by atoms with E-state index >= 15 is 0 Å². The molecule has 13 nitrogen and oxygen atoms in total. The summed E-state index contributed by atoms with van der Waals surface area (Å²) in [4.78, 5) is 57.7. The van der Waals surface area contributed by atoms with Crippen molar-refractivity contribution in [1.29, 1.82) is 0 Å². The number of benzene rings is 3. The zero-order valence-corrected chi connectivity index (χ0v) is 30.4. The first-order valence-corrected chi connectivity index (χ1v) is 18.2. The SMILES string of the molecule is COC(=O)[C@H](CCCN=C(N)CS(=O)(=O)c1c(C)c(C)c2c(c1C)CC(C)(C)O2)NC(=O)N(Cc1ccccc1)N1C(=O)c2ccccc2C1=O. The maximum Gasteiger partial charge on any atom is 0.337 e. The Morgan fingerprint density at radius 3 is 2.22 bits per heavy atom. The monoisotopic (exact) mass is 717 g/mol. The van der Waals surface area contributed by atoms with Gasteiger partial charge in [0.15, 0.2) is 9.84 Å². The van der Waals surface area contributed by atoms with E-state index < -0.39 is 51.0 Å². The van der Waals surface area contributed by atoms with E-state index in [4.69, 9.17) is 15.2 Å². The van der Waals surface area contributed by atoms with Crippen LogP contribution in [0.3, 0.4) is 0 Å². The molecule has 0 radical (unpaired) electrons. The van der Waals surface area contributed by atoms with Gasteiger partial charge in [0, 0.05) is 18.5 Å². The Morgan fingerprint density at radius 1 is 1.00 bits per heavy atom. The fourth-order valence-electron chi connectivity index (χ4n) is 6.54. The highest BCUT2D eigenvalue weighted by atomic mass is 32.2. The predicted octanol–water partition coefficient (Wildman–Crippen LogP) is 4.20. The first kappa shape index (κ1) is 37.0. The van der Waals surface area contributed by atoms with Gasteiger partial charge in [0.2, 0.25) is 0 Å². The number of urea groups is 1. The molecule has 270 valence electrons. The van der Waals surface area contributed by atoms with E-state index in [1.165, 1.54) is 19.2 Å². The first-order valence-electron chi connectivity index (χ1n) is 16.6. The van der Waals surface area contributed by atoms with Crippen molar-refractivity contribution in [2.45, 2.75) is 77.0 Å². The average molecular weight is 718 g/mol. The number of esters is 1. The molecule has 1 atom stereocenters. The van der Waals surface area contributed by atoms with Crippen molar-refractivity contribution < 1.29 is 37.1 Å². The van der Waals surface area contributed by atoms with Gasteiger partial charge in [0.25, 0.3) is 11.8 Å². The molecule has 3 aromatic carbocycles. The van der Waals surface area contributed by atoms with Gasteiger partial charge in [-0.2, -0.15) is 5.01 Å². The fourth-order valence-corrected chi connectivity index (χ4v) is 8.38. The second kappa shape index (κ2) is 14.5. The minimum atomic E-state index is -3.87. The van der Waals surface area contributed by atoms with Gasteiger partial charge in [-0.25, -0.2) is 23.0 Å². The minimum absolute atomic E-state index is 0.0429. The molecule has 0 fully saturated rings. The summed E-state index contributed by atoms with van der Waals surface area (Å²) < 4.78 is 38.3. The third-order valence-corrected chi connectivity index (χ3v) is 11.0. The van der Waals surface area contributed by atoms with Crippen LogP contribution < -0.4 is 15.8 Å². The number of nitrogens with one attached hydrogen (secondary N) is 1. The third-order valence-electron chi connectivity index (χ3n) is 9.11. The van der Waals surface area contributed by atoms with E-state index in [1.54, 1.807) is 56.3 Å². The molecule has 0 aliphatic carbocycles. The summed E-state index contributed by atoms with van der Waals surface area (Å²) in [5.41, 5.74) is 9.54. The molecule has 5 rings (SSSR count). The number of methoxy groups -OCH3 is 1. The van der Waals surface area contributed by atoms with Crippen LogP contribution >= 0.6 is 0 Å². The zero-order valence-electron chi connectivity index (χ0n) is 29.6. The molecule has 3 aromatic rings. The highest BCUT2D eigenvalue weighted by molar-refractivity contribution is 7.92. The van der Waals surface area contributed by atoms with Crippen molar-refractivity contribution in [3.8, 4) is 5.75 Å². The van der Waals surface area contributed by atoms with Crippen molar-refractivity contribution >= 4 is 39.5 Å². The molecule has 0 aromatic heterocycles. The highest BCUT2D eigenvalue weighted by Gasteiger charge is 2.42. The van der Waals surface area contributed by atoms with Gasteiger partial charge in [-0.3, -0.25) is 14.6 Å². The first-order chi connectivity index (χ1) is 24.1. The van der Waals surface area contributed by atoms with Gasteiger partial charge in [0.1, 0.15) is 29.0 Å². The van der Waals surface area contributed by atoms with Gasteiger partial charge >= 0.3 is 12.0 Å². The normalized spacial score (nSPS) is 15.6. The number of amidine groups is 1. The average Bonchev–Trinajstić information content (AvgIpc) is 3.55. The van der Waals surface area contributed by atoms with Crippen LogP contribution in [0.4, 0.5) is 4.79 Å². The Hall–Kier alpha value is -5.24. The number of rotatable bonds is 12. The Bertz CT molecular complexity index is 1990. The molecule has 3 N–H and O–H groups in total. The lowest BCUT2D eigenvalue weighted by molar-refractivity contribution is -0.143. The molecule has 51 heavy (non-hydrogen) atoms. The van der Waals surface area contributed by atoms with Crippen LogP contribution in [0.2, 0.25) is 0 Å². The molecule has 2 aliphatic heterocycles. The Labute approximate surface area is 297 Å². The largest absolute Gasteiger partial charge is 0.487 e. The van der Waals surface area contributed by atoms with Crippen LogP contribution in [0, 0.1) is 20.8 Å². The van der Waals surface area contributed by atoms with Gasteiger partial charge in [-0.05, 0) is 81.8 Å². The maximum atomic E-state index is 13.8. The lowest BCUT2D eigenvalue weighted by Crippen LogP contribution is -2.56. The second-order valence-corrected chi connectivity index (χ2v) is 15.3. The molecule has 0 bridgehead atoms. The lowest BCUT2D eigenvalue weighted by atomic mass is 9.94. The van der Waals surface area contributed by atoms with E-state index in [0.29, 0.717) is 23.1 Å². The summed E-state index contributed by atoms with van der Waals surface area (Å²) in [7, 11) is -2.70. The van der Waals surface area contributed by atoms with E-state index in [9.17, 15) is 27.6 Å². The standard InChI is InChI=1S/C37H43N5O8S/c1-22-23(2)32(24(3)28-19-37(4,5)50-31(22)28)51(47,48)21-30(38)39-18-12-17-29(35(45)49-6)40-36(46)41(20-25-13-8-7-9-14-25)42-33(43)26-15-10-11-16-27(26)34(42)44/h7-11,13-16,29H,12,17-21H2,1-6H3,(H2,38,39)(H,40,46)/t29-/m0/s1. The third kappa shape index (κ3) is 7.60. The van der Waals surface area contributed by atoms with Gasteiger partial charge < -0.3 is 20.5 Å². The van der Waals surface area contributed by atoms with Crippen molar-refractivity contribution in [2.75, 3.05) is 19.4 Å². The highest BCUT2D eigenvalue weighted by Crippen LogP contribution is 2.44. The maximum absolute atomic E-state index is 13.8. The molecule has 4 amide bonds. The summed E-state index contributed by atoms with van der Waals surface area (Å²) in [5, 5.41) is 4.34. The van der Waals surface area contributed by atoms with Gasteiger partial charge in [0.05, 0.1) is 29.7 Å². The number of carbonyl (C=O) groups is 4. The summed E-state index contributed by atoms with van der Waals surface area (Å²) in [6.45, 7) is 9.23. The molecule has 0 saturated heterocycles. The van der Waals surface area contributed by atoms with Crippen molar-refractivity contribution in [2.24, 2.45) is 10.7 Å². The number of carbonyl (C=O) groups excluding carboxylic acids is 4. The number of amides is 4. The molecular formula is C37H43N5O8S. The smallest absolute Gasteiger partial charge is 0.337 e. The molecule has 2 heterocycles. The Kier molecular flexibility index (Phi) is 10.6. The van der Waals surface area contributed by atoms with Crippen molar-refractivity contribution in [3.05, 3.63) is 93.5 Å². The van der Waals surface area contributed by atoms with Crippen molar-refractivity contribution in [1.82, 2.24) is 15.3 Å². The molecule has 0 spiro atoms. The summed E-state index contributed by atoms with van der Waals surface area (Å²) in [6.07, 6.45) is 0.845. The number of sulfone groups is 1. The summed E-state index contributed by atoms with van der Waals surface area (Å²) in [6, 6.07) is 13.0. The van der Waals surface area contributed by atoms with Crippen LogP contribution in [-0.4, -0.2) is 79.1 Å². The number of hydrogen-bond acceptors (Lipinski definition) is 9. The number of aliphatic imine (C=N–C) groups is 1. The summed E-state index contributed by atoms with van der Waals surface area (Å²) >= 11 is 0. The number of hydrazine groups is 1. The van der Waals surface area contributed by atoms with Crippen molar-refractivity contribution in [3.63, 3.8) is 0 Å². The predicted molar refractivity (Wildman–Crippen MR) is 190 cm³/mol.